The van der Waals surface area contributed by atoms with Crippen LogP contribution in [0.3, 0.4) is 0 Å². The Hall–Kier alpha value is -2.44. The first kappa shape index (κ1) is 18.9. The molecule has 28 heavy (non-hydrogen) atoms. The Kier molecular flexibility index (Phi) is 5.33. The van der Waals surface area contributed by atoms with Crippen molar-refractivity contribution in [1.29, 1.82) is 0 Å². The van der Waals surface area contributed by atoms with Gasteiger partial charge in [-0.15, -0.1) is 0 Å². The second kappa shape index (κ2) is 7.89. The van der Waals surface area contributed by atoms with Crippen LogP contribution >= 0.6 is 11.6 Å². The zero-order valence-corrected chi connectivity index (χ0v) is 16.7. The zero-order chi connectivity index (χ0) is 19.7. The van der Waals surface area contributed by atoms with Gasteiger partial charge in [-0.1, -0.05) is 41.9 Å². The number of aromatic nitrogens is 2. The number of nitrogens with zero attached hydrogens (tertiary/aromatic N) is 2. The summed E-state index contributed by atoms with van der Waals surface area (Å²) in [6, 6.07) is 17.7. The number of aliphatic hydroxyl groups excluding tert-OH is 1. The molecule has 5 nitrogen and oxygen atoms in total. The van der Waals surface area contributed by atoms with Crippen molar-refractivity contribution in [3.05, 3.63) is 65.3 Å². The lowest BCUT2D eigenvalue weighted by atomic mass is 10.1. The molecular weight excluding hydrogens is 372 g/mol. The molecule has 6 heteroatoms. The number of hydrogen-bond acceptors (Lipinski definition) is 4. The molecule has 2 aromatic carbocycles. The molecular formula is C22H23ClN4O. The van der Waals surface area contributed by atoms with Gasteiger partial charge in [0.15, 0.2) is 0 Å². The van der Waals surface area contributed by atoms with Gasteiger partial charge in [0.1, 0.15) is 6.23 Å². The Morgan fingerprint density at radius 3 is 2.71 bits per heavy atom. The molecule has 4 rings (SSSR count). The summed E-state index contributed by atoms with van der Waals surface area (Å²) in [5.41, 5.74) is 4.25. The SMILES string of the molecule is CN(C)CCNC(O)c1cc2c([nH]c3ccccc32)c(-c2cccc(Cl)c2)n1. The zero-order valence-electron chi connectivity index (χ0n) is 15.9. The minimum atomic E-state index is -0.851. The number of pyridine rings is 1. The monoisotopic (exact) mass is 394 g/mol. The fourth-order valence-electron chi connectivity index (χ4n) is 3.38. The summed E-state index contributed by atoms with van der Waals surface area (Å²) in [6.45, 7) is 1.49. The van der Waals surface area contributed by atoms with E-state index in [1.165, 1.54) is 0 Å². The van der Waals surface area contributed by atoms with Crippen LogP contribution in [0.1, 0.15) is 11.9 Å². The van der Waals surface area contributed by atoms with E-state index in [1.54, 1.807) is 0 Å². The molecule has 1 atom stereocenters. The molecule has 3 N–H and O–H groups in total. The number of fused-ring (bicyclic) bond motifs is 3. The quantitative estimate of drug-likeness (QED) is 0.429. The smallest absolute Gasteiger partial charge is 0.148 e. The van der Waals surface area contributed by atoms with Crippen LogP contribution in [-0.2, 0) is 0 Å². The van der Waals surface area contributed by atoms with E-state index in [9.17, 15) is 5.11 Å². The number of rotatable bonds is 6. The summed E-state index contributed by atoms with van der Waals surface area (Å²) in [6.07, 6.45) is -0.851. The van der Waals surface area contributed by atoms with Crippen LogP contribution in [-0.4, -0.2) is 47.2 Å². The number of benzene rings is 2. The van der Waals surface area contributed by atoms with E-state index in [4.69, 9.17) is 16.6 Å². The molecule has 0 amide bonds. The minimum absolute atomic E-state index is 0.589. The van der Waals surface area contributed by atoms with Gasteiger partial charge in [0.25, 0.3) is 0 Å². The maximum Gasteiger partial charge on any atom is 0.148 e. The summed E-state index contributed by atoms with van der Waals surface area (Å²) < 4.78 is 0. The van der Waals surface area contributed by atoms with E-state index in [-0.39, 0.29) is 0 Å². The number of likely N-dealkylation sites (N-methyl/N-ethyl adjacent to an activating group) is 1. The average Bonchev–Trinajstić information content (AvgIpc) is 3.05. The molecule has 4 aromatic rings. The molecule has 0 saturated heterocycles. The van der Waals surface area contributed by atoms with Gasteiger partial charge >= 0.3 is 0 Å². The van der Waals surface area contributed by atoms with Crippen molar-refractivity contribution in [2.24, 2.45) is 0 Å². The van der Waals surface area contributed by atoms with Gasteiger partial charge in [-0.2, -0.15) is 0 Å². The van der Waals surface area contributed by atoms with Crippen molar-refractivity contribution < 1.29 is 5.11 Å². The van der Waals surface area contributed by atoms with Crippen molar-refractivity contribution in [1.82, 2.24) is 20.2 Å². The predicted molar refractivity (Wildman–Crippen MR) is 116 cm³/mol. The molecule has 0 aliphatic heterocycles. The standard InChI is InChI=1S/C22H23ClN4O/c1-27(2)11-10-24-22(28)19-13-17-16-8-3-4-9-18(16)25-21(17)20(26-19)14-6-5-7-15(23)12-14/h3-9,12-13,22,24-25,28H,10-11H2,1-2H3. The molecule has 1 unspecified atom stereocenters. The maximum absolute atomic E-state index is 10.7. The third-order valence-corrected chi connectivity index (χ3v) is 5.03. The summed E-state index contributed by atoms with van der Waals surface area (Å²) in [5.74, 6) is 0. The van der Waals surface area contributed by atoms with Crippen molar-refractivity contribution in [3.8, 4) is 11.3 Å². The van der Waals surface area contributed by atoms with Crippen molar-refractivity contribution in [2.75, 3.05) is 27.2 Å². The van der Waals surface area contributed by atoms with E-state index in [0.717, 1.165) is 39.6 Å². The highest BCUT2D eigenvalue weighted by molar-refractivity contribution is 6.31. The molecule has 0 fully saturated rings. The Labute approximate surface area is 169 Å². The van der Waals surface area contributed by atoms with Crippen molar-refractivity contribution in [2.45, 2.75) is 6.23 Å². The number of para-hydroxylation sites is 1. The highest BCUT2D eigenvalue weighted by Gasteiger charge is 2.17. The number of halogens is 1. The van der Waals surface area contributed by atoms with Gasteiger partial charge in [-0.25, -0.2) is 4.98 Å². The van der Waals surface area contributed by atoms with E-state index in [0.29, 0.717) is 17.3 Å². The Morgan fingerprint density at radius 2 is 1.93 bits per heavy atom. The second-order valence-electron chi connectivity index (χ2n) is 7.16. The molecule has 0 radical (unpaired) electrons. The summed E-state index contributed by atoms with van der Waals surface area (Å²) in [4.78, 5) is 10.3. The first-order chi connectivity index (χ1) is 13.5. The molecule has 0 spiro atoms. The van der Waals surface area contributed by atoms with Gasteiger partial charge in [-0.05, 0) is 38.4 Å². The van der Waals surface area contributed by atoms with Gasteiger partial charge < -0.3 is 15.0 Å². The largest absolute Gasteiger partial charge is 0.373 e. The molecule has 2 aromatic heterocycles. The van der Waals surface area contributed by atoms with Crippen LogP contribution in [0.4, 0.5) is 0 Å². The molecule has 0 saturated carbocycles. The normalized spacial score (nSPS) is 12.9. The number of aliphatic hydroxyl groups is 1. The fourth-order valence-corrected chi connectivity index (χ4v) is 3.57. The Morgan fingerprint density at radius 1 is 1.11 bits per heavy atom. The van der Waals surface area contributed by atoms with Crippen LogP contribution in [0.5, 0.6) is 0 Å². The highest BCUT2D eigenvalue weighted by Crippen LogP contribution is 2.34. The summed E-state index contributed by atoms with van der Waals surface area (Å²) in [5, 5.41) is 16.6. The van der Waals surface area contributed by atoms with E-state index < -0.39 is 6.23 Å². The fraction of sp³-hybridized carbons (Fsp3) is 0.227. The minimum Gasteiger partial charge on any atom is -0.373 e. The number of nitrogens with one attached hydrogen (secondary N) is 2. The average molecular weight is 395 g/mol. The van der Waals surface area contributed by atoms with Gasteiger partial charge in [0, 0.05) is 40.0 Å². The molecule has 0 aliphatic carbocycles. The topological polar surface area (TPSA) is 64.2 Å². The van der Waals surface area contributed by atoms with Gasteiger partial charge in [-0.3, -0.25) is 5.32 Å². The van der Waals surface area contributed by atoms with Crippen molar-refractivity contribution in [3.63, 3.8) is 0 Å². The lowest BCUT2D eigenvalue weighted by Gasteiger charge is -2.16. The van der Waals surface area contributed by atoms with Crippen molar-refractivity contribution >= 4 is 33.4 Å². The highest BCUT2D eigenvalue weighted by atomic mass is 35.5. The number of H-pyrrole nitrogens is 1. The van der Waals surface area contributed by atoms with Crippen LogP contribution in [0, 0.1) is 0 Å². The number of hydrogen-bond donors (Lipinski definition) is 3. The molecule has 0 aliphatic rings. The first-order valence-electron chi connectivity index (χ1n) is 9.26. The Balaban J connectivity index is 1.86. The molecule has 0 bridgehead atoms. The summed E-state index contributed by atoms with van der Waals surface area (Å²) >= 11 is 6.22. The maximum atomic E-state index is 10.7. The van der Waals surface area contributed by atoms with Gasteiger partial charge in [0.2, 0.25) is 0 Å². The Bertz CT molecular complexity index is 1120. The molecule has 2 heterocycles. The van der Waals surface area contributed by atoms with Gasteiger partial charge in [0.05, 0.1) is 16.9 Å². The summed E-state index contributed by atoms with van der Waals surface area (Å²) in [7, 11) is 4.00. The van der Waals surface area contributed by atoms with E-state index in [1.807, 2.05) is 62.6 Å². The van der Waals surface area contributed by atoms with Crippen LogP contribution in [0.15, 0.2) is 54.6 Å². The third kappa shape index (κ3) is 3.75. The third-order valence-electron chi connectivity index (χ3n) is 4.79. The van der Waals surface area contributed by atoms with Crippen LogP contribution in [0.25, 0.3) is 33.1 Å². The predicted octanol–water partition coefficient (Wildman–Crippen LogP) is 4.18. The number of aromatic amines is 1. The van der Waals surface area contributed by atoms with E-state index >= 15 is 0 Å². The van der Waals surface area contributed by atoms with Crippen LogP contribution < -0.4 is 5.32 Å². The van der Waals surface area contributed by atoms with Crippen LogP contribution in [0.2, 0.25) is 5.02 Å². The van der Waals surface area contributed by atoms with E-state index in [2.05, 4.69) is 21.3 Å². The lowest BCUT2D eigenvalue weighted by molar-refractivity contribution is 0.132. The first-order valence-corrected chi connectivity index (χ1v) is 9.64. The molecule has 144 valence electrons. The lowest BCUT2D eigenvalue weighted by Crippen LogP contribution is -2.30. The second-order valence-corrected chi connectivity index (χ2v) is 7.60.